The zero-order valence-electron chi connectivity index (χ0n) is 11.5. The van der Waals surface area contributed by atoms with Gasteiger partial charge in [0.05, 0.1) is 17.6 Å². The van der Waals surface area contributed by atoms with Crippen molar-refractivity contribution in [3.63, 3.8) is 0 Å². The Morgan fingerprint density at radius 1 is 1.19 bits per heavy atom. The van der Waals surface area contributed by atoms with E-state index in [1.807, 2.05) is 18.2 Å². The summed E-state index contributed by atoms with van der Waals surface area (Å²) in [5, 5.41) is 20.2. The molecule has 0 radical (unpaired) electrons. The van der Waals surface area contributed by atoms with Gasteiger partial charge in [-0.15, -0.1) is 0 Å². The lowest BCUT2D eigenvalue weighted by molar-refractivity contribution is 0.281. The quantitative estimate of drug-likeness (QED) is 0.646. The van der Waals surface area contributed by atoms with Crippen molar-refractivity contribution in [2.75, 3.05) is 11.9 Å². The standard InChI is InChI=1S/C15H17N5O/c21-8-4-7-13(11-5-2-1-3-6-11)19-14-12-9-18-20-15(12)17-10-16-14/h1-3,5-6,9-10,13,21H,4,7-8H2,(H2,16,17,18,19,20). The Labute approximate surface area is 122 Å². The molecule has 1 unspecified atom stereocenters. The zero-order chi connectivity index (χ0) is 14.5. The lowest BCUT2D eigenvalue weighted by atomic mass is 10.0. The molecule has 3 N–H and O–H groups in total. The van der Waals surface area contributed by atoms with Crippen LogP contribution in [-0.4, -0.2) is 31.9 Å². The maximum Gasteiger partial charge on any atom is 0.160 e. The van der Waals surface area contributed by atoms with Crippen LogP contribution in [0.2, 0.25) is 0 Å². The van der Waals surface area contributed by atoms with Gasteiger partial charge in [-0.05, 0) is 18.4 Å². The second kappa shape index (κ2) is 6.32. The summed E-state index contributed by atoms with van der Waals surface area (Å²) in [6.07, 6.45) is 4.78. The third-order valence-corrected chi connectivity index (χ3v) is 3.41. The van der Waals surface area contributed by atoms with Gasteiger partial charge in [0, 0.05) is 6.61 Å². The summed E-state index contributed by atoms with van der Waals surface area (Å²) < 4.78 is 0. The maximum atomic E-state index is 9.10. The fraction of sp³-hybridized carbons (Fsp3) is 0.267. The van der Waals surface area contributed by atoms with Crippen LogP contribution in [0, 0.1) is 0 Å². The minimum Gasteiger partial charge on any atom is -0.396 e. The number of aromatic amines is 1. The lowest BCUT2D eigenvalue weighted by Crippen LogP contribution is -2.12. The topological polar surface area (TPSA) is 86.7 Å². The van der Waals surface area contributed by atoms with Crippen LogP contribution < -0.4 is 5.32 Å². The van der Waals surface area contributed by atoms with Crippen molar-refractivity contribution in [3.05, 3.63) is 48.4 Å². The fourth-order valence-corrected chi connectivity index (χ4v) is 2.35. The van der Waals surface area contributed by atoms with Crippen LogP contribution in [-0.2, 0) is 0 Å². The molecule has 0 bridgehead atoms. The molecule has 6 nitrogen and oxygen atoms in total. The van der Waals surface area contributed by atoms with Crippen LogP contribution in [0.5, 0.6) is 0 Å². The summed E-state index contributed by atoms with van der Waals surface area (Å²) in [7, 11) is 0. The number of aromatic nitrogens is 4. The number of hydrogen-bond donors (Lipinski definition) is 3. The molecule has 1 aromatic carbocycles. The first kappa shape index (κ1) is 13.5. The van der Waals surface area contributed by atoms with Gasteiger partial charge < -0.3 is 10.4 Å². The van der Waals surface area contributed by atoms with Gasteiger partial charge >= 0.3 is 0 Å². The van der Waals surface area contributed by atoms with E-state index < -0.39 is 0 Å². The lowest BCUT2D eigenvalue weighted by Gasteiger charge is -2.19. The van der Waals surface area contributed by atoms with Crippen molar-refractivity contribution >= 4 is 16.9 Å². The van der Waals surface area contributed by atoms with E-state index in [0.29, 0.717) is 5.65 Å². The molecule has 2 heterocycles. The van der Waals surface area contributed by atoms with Crippen molar-refractivity contribution in [1.29, 1.82) is 0 Å². The number of hydrogen-bond acceptors (Lipinski definition) is 5. The monoisotopic (exact) mass is 283 g/mol. The van der Waals surface area contributed by atoms with Gasteiger partial charge in [0.1, 0.15) is 12.1 Å². The number of anilines is 1. The molecule has 21 heavy (non-hydrogen) atoms. The number of nitrogens with one attached hydrogen (secondary N) is 2. The highest BCUT2D eigenvalue weighted by Gasteiger charge is 2.14. The predicted octanol–water partition coefficient (Wildman–Crippen LogP) is 2.28. The van der Waals surface area contributed by atoms with E-state index in [1.54, 1.807) is 6.20 Å². The Bertz CT molecular complexity index is 697. The summed E-state index contributed by atoms with van der Waals surface area (Å²) in [6, 6.07) is 10.2. The molecule has 3 rings (SSSR count). The van der Waals surface area contributed by atoms with Gasteiger partial charge in [0.15, 0.2) is 5.65 Å². The first-order chi connectivity index (χ1) is 10.4. The molecule has 3 aromatic rings. The second-order valence-electron chi connectivity index (χ2n) is 4.83. The molecule has 0 fully saturated rings. The Morgan fingerprint density at radius 2 is 2.05 bits per heavy atom. The molecule has 0 aliphatic carbocycles. The Kier molecular flexibility index (Phi) is 4.07. The van der Waals surface area contributed by atoms with E-state index in [0.717, 1.165) is 24.0 Å². The molecule has 0 aliphatic heterocycles. The molecule has 0 spiro atoms. The van der Waals surface area contributed by atoms with Crippen molar-refractivity contribution in [2.24, 2.45) is 0 Å². The molecule has 0 aliphatic rings. The number of benzene rings is 1. The smallest absolute Gasteiger partial charge is 0.160 e. The summed E-state index contributed by atoms with van der Waals surface area (Å²) in [4.78, 5) is 8.44. The highest BCUT2D eigenvalue weighted by molar-refractivity contribution is 5.85. The summed E-state index contributed by atoms with van der Waals surface area (Å²) in [6.45, 7) is 0.176. The van der Waals surface area contributed by atoms with E-state index in [1.165, 1.54) is 11.9 Å². The molecule has 2 aromatic heterocycles. The summed E-state index contributed by atoms with van der Waals surface area (Å²) >= 11 is 0. The van der Waals surface area contributed by atoms with Gasteiger partial charge in [-0.2, -0.15) is 5.10 Å². The Hall–Kier alpha value is -2.47. The molecule has 0 saturated heterocycles. The number of rotatable bonds is 6. The largest absolute Gasteiger partial charge is 0.396 e. The molecular weight excluding hydrogens is 266 g/mol. The van der Waals surface area contributed by atoms with Gasteiger partial charge in [-0.3, -0.25) is 5.10 Å². The highest BCUT2D eigenvalue weighted by atomic mass is 16.2. The van der Waals surface area contributed by atoms with Crippen LogP contribution in [0.3, 0.4) is 0 Å². The predicted molar refractivity (Wildman–Crippen MR) is 80.8 cm³/mol. The molecule has 0 amide bonds. The summed E-state index contributed by atoms with van der Waals surface area (Å²) in [5.41, 5.74) is 1.88. The van der Waals surface area contributed by atoms with E-state index in [4.69, 9.17) is 5.11 Å². The van der Waals surface area contributed by atoms with Crippen molar-refractivity contribution < 1.29 is 5.11 Å². The SMILES string of the molecule is OCCCC(Nc1ncnc2[nH]ncc12)c1ccccc1. The van der Waals surface area contributed by atoms with Gasteiger partial charge in [-0.25, -0.2) is 9.97 Å². The third kappa shape index (κ3) is 3.00. The fourth-order valence-electron chi connectivity index (χ4n) is 2.35. The molecule has 108 valence electrons. The minimum atomic E-state index is 0.0892. The number of nitrogens with zero attached hydrogens (tertiary/aromatic N) is 3. The van der Waals surface area contributed by atoms with E-state index in [-0.39, 0.29) is 12.6 Å². The number of H-pyrrole nitrogens is 1. The van der Waals surface area contributed by atoms with Crippen LogP contribution in [0.25, 0.3) is 11.0 Å². The second-order valence-corrected chi connectivity index (χ2v) is 4.83. The van der Waals surface area contributed by atoms with Crippen LogP contribution >= 0.6 is 0 Å². The van der Waals surface area contributed by atoms with Gasteiger partial charge in [-0.1, -0.05) is 30.3 Å². The molecule has 0 saturated carbocycles. The van der Waals surface area contributed by atoms with Gasteiger partial charge in [0.25, 0.3) is 0 Å². The minimum absolute atomic E-state index is 0.0892. The molecule has 1 atom stereocenters. The highest BCUT2D eigenvalue weighted by Crippen LogP contribution is 2.26. The van der Waals surface area contributed by atoms with Crippen LogP contribution in [0.1, 0.15) is 24.4 Å². The average molecular weight is 283 g/mol. The van der Waals surface area contributed by atoms with Crippen molar-refractivity contribution in [1.82, 2.24) is 20.2 Å². The van der Waals surface area contributed by atoms with E-state index >= 15 is 0 Å². The number of aliphatic hydroxyl groups excluding tert-OH is 1. The van der Waals surface area contributed by atoms with Crippen LogP contribution in [0.4, 0.5) is 5.82 Å². The first-order valence-electron chi connectivity index (χ1n) is 6.95. The van der Waals surface area contributed by atoms with Crippen LogP contribution in [0.15, 0.2) is 42.9 Å². The van der Waals surface area contributed by atoms with Gasteiger partial charge in [0.2, 0.25) is 0 Å². The van der Waals surface area contributed by atoms with Crippen molar-refractivity contribution in [3.8, 4) is 0 Å². The summed E-state index contributed by atoms with van der Waals surface area (Å²) in [5.74, 6) is 0.751. The Morgan fingerprint density at radius 3 is 2.86 bits per heavy atom. The van der Waals surface area contributed by atoms with E-state index in [9.17, 15) is 0 Å². The first-order valence-corrected chi connectivity index (χ1v) is 6.95. The normalized spacial score (nSPS) is 12.4. The van der Waals surface area contributed by atoms with Crippen molar-refractivity contribution in [2.45, 2.75) is 18.9 Å². The average Bonchev–Trinajstić information content (AvgIpc) is 3.01. The third-order valence-electron chi connectivity index (χ3n) is 3.41. The molecule has 6 heteroatoms. The maximum absolute atomic E-state index is 9.10. The zero-order valence-corrected chi connectivity index (χ0v) is 11.5. The van der Waals surface area contributed by atoms with E-state index in [2.05, 4.69) is 37.6 Å². The number of fused-ring (bicyclic) bond motifs is 1. The molecular formula is C15H17N5O. The number of aliphatic hydroxyl groups is 1. The Balaban J connectivity index is 1.89.